The summed E-state index contributed by atoms with van der Waals surface area (Å²) in [4.78, 5) is 50.6. The highest BCUT2D eigenvalue weighted by Crippen LogP contribution is 2.30. The molecule has 14 nitrogen and oxygen atoms in total. The number of nitrogens with one attached hydrogen (secondary N) is 2. The Morgan fingerprint density at radius 1 is 0.783 bits per heavy atom. The number of esters is 2. The number of benzene rings is 1. The number of carbonyl (C=O) groups excluding carboxylic acids is 4. The summed E-state index contributed by atoms with van der Waals surface area (Å²) in [7, 11) is 2.44. The van der Waals surface area contributed by atoms with Gasteiger partial charge in [-0.25, -0.2) is 19.2 Å². The number of methoxy groups -OCH3 is 2. The summed E-state index contributed by atoms with van der Waals surface area (Å²) in [5, 5.41) is 5.05. The van der Waals surface area contributed by atoms with E-state index in [4.69, 9.17) is 37.9 Å². The summed E-state index contributed by atoms with van der Waals surface area (Å²) in [5.74, 6) is -1.88. The molecule has 1 aliphatic heterocycles. The van der Waals surface area contributed by atoms with Gasteiger partial charge in [-0.2, -0.15) is 0 Å². The maximum atomic E-state index is 13.3. The molecule has 2 rings (SSSR count). The second-order valence-electron chi connectivity index (χ2n) is 11.3. The normalized spacial score (nSPS) is 22.4. The van der Waals surface area contributed by atoms with Gasteiger partial charge in [0.05, 0.1) is 20.8 Å². The minimum Gasteiger partial charge on any atom is -0.467 e. The molecule has 1 fully saturated rings. The molecule has 260 valence electrons. The van der Waals surface area contributed by atoms with Crippen LogP contribution in [0, 0.1) is 11.8 Å². The Balaban J connectivity index is 2.40. The Morgan fingerprint density at radius 2 is 1.37 bits per heavy atom. The second kappa shape index (κ2) is 19.9. The molecule has 14 heteroatoms. The SMILES string of the molecule is CCCO[C@H]1[C@H](OC(=O)N[C@H](C(=O)OC)C(C)C)[C@@H](COC(=O)N[C@H](C(=O)OC)C(C)C)OC(OCC)[C@@H]1OCc1ccccc1. The summed E-state index contributed by atoms with van der Waals surface area (Å²) in [5.41, 5.74) is 0.882. The molecule has 0 aromatic heterocycles. The number of carbonyl (C=O) groups is 4. The molecule has 0 aliphatic carbocycles. The first-order chi connectivity index (χ1) is 22.0. The summed E-state index contributed by atoms with van der Waals surface area (Å²) in [6.45, 7) is 11.0. The average Bonchev–Trinajstić information content (AvgIpc) is 3.04. The van der Waals surface area contributed by atoms with Gasteiger partial charge in [0.15, 0.2) is 12.4 Å². The topological polar surface area (TPSA) is 166 Å². The van der Waals surface area contributed by atoms with Gasteiger partial charge in [0.2, 0.25) is 0 Å². The van der Waals surface area contributed by atoms with Crippen molar-refractivity contribution in [1.82, 2.24) is 10.6 Å². The van der Waals surface area contributed by atoms with E-state index in [0.29, 0.717) is 6.42 Å². The standard InChI is InChI=1S/C32H50N2O12/c1-9-16-42-26-25(46-32(38)34-24(20(5)6)29(36)40-8)22(18-44-31(37)33-23(19(3)4)28(35)39-7)45-30(41-10-2)27(26)43-17-21-14-12-11-13-15-21/h11-15,19-20,22-27,30H,9-10,16-18H2,1-8H3,(H,33,37)(H,34,38)/t22-,23+,24+,25-,26+,27-,30?/m1/s1. The molecular weight excluding hydrogens is 604 g/mol. The Kier molecular flexibility index (Phi) is 16.8. The third kappa shape index (κ3) is 11.7. The monoisotopic (exact) mass is 654 g/mol. The number of rotatable bonds is 17. The molecule has 1 aromatic carbocycles. The van der Waals surface area contributed by atoms with Gasteiger partial charge >= 0.3 is 24.1 Å². The van der Waals surface area contributed by atoms with E-state index in [2.05, 4.69) is 10.6 Å². The molecule has 1 aromatic rings. The zero-order valence-electron chi connectivity index (χ0n) is 28.0. The molecule has 1 saturated heterocycles. The molecular formula is C32H50N2O12. The number of ether oxygens (including phenoxy) is 8. The summed E-state index contributed by atoms with van der Waals surface area (Å²) in [6.07, 6.45) is -6.32. The van der Waals surface area contributed by atoms with Crippen molar-refractivity contribution in [3.05, 3.63) is 35.9 Å². The lowest BCUT2D eigenvalue weighted by Crippen LogP contribution is -2.63. The van der Waals surface area contributed by atoms with Crippen LogP contribution in [0.1, 0.15) is 53.5 Å². The van der Waals surface area contributed by atoms with Crippen LogP contribution in [0.25, 0.3) is 0 Å². The quantitative estimate of drug-likeness (QED) is 0.186. The van der Waals surface area contributed by atoms with Gasteiger partial charge in [0.25, 0.3) is 0 Å². The van der Waals surface area contributed by atoms with Crippen LogP contribution in [-0.2, 0) is 54.1 Å². The molecule has 0 spiro atoms. The maximum absolute atomic E-state index is 13.3. The Hall–Kier alpha value is -3.46. The zero-order valence-corrected chi connectivity index (χ0v) is 28.0. The average molecular weight is 655 g/mol. The minimum absolute atomic E-state index is 0.175. The Labute approximate surface area is 271 Å². The van der Waals surface area contributed by atoms with Crippen LogP contribution in [0.2, 0.25) is 0 Å². The summed E-state index contributed by atoms with van der Waals surface area (Å²) in [6, 6.07) is 7.50. The number of hydrogen-bond donors (Lipinski definition) is 2. The smallest absolute Gasteiger partial charge is 0.408 e. The maximum Gasteiger partial charge on any atom is 0.408 e. The molecule has 7 atom stereocenters. The molecule has 46 heavy (non-hydrogen) atoms. The fourth-order valence-electron chi connectivity index (χ4n) is 4.70. The fraction of sp³-hybridized carbons (Fsp3) is 0.688. The van der Waals surface area contributed by atoms with E-state index >= 15 is 0 Å². The molecule has 0 radical (unpaired) electrons. The molecule has 0 bridgehead atoms. The predicted octanol–water partition coefficient (Wildman–Crippen LogP) is 3.34. The first-order valence-corrected chi connectivity index (χ1v) is 15.6. The van der Waals surface area contributed by atoms with Crippen LogP contribution in [-0.4, -0.2) is 101 Å². The van der Waals surface area contributed by atoms with Crippen LogP contribution in [0.3, 0.4) is 0 Å². The van der Waals surface area contributed by atoms with Crippen molar-refractivity contribution in [1.29, 1.82) is 0 Å². The largest absolute Gasteiger partial charge is 0.467 e. The van der Waals surface area contributed by atoms with Crippen molar-refractivity contribution in [2.75, 3.05) is 34.0 Å². The van der Waals surface area contributed by atoms with Gasteiger partial charge in [0, 0.05) is 13.2 Å². The Morgan fingerprint density at radius 3 is 1.89 bits per heavy atom. The van der Waals surface area contributed by atoms with Gasteiger partial charge in [0.1, 0.15) is 37.0 Å². The highest BCUT2D eigenvalue weighted by atomic mass is 16.7. The minimum atomic E-state index is -1.19. The van der Waals surface area contributed by atoms with Gasteiger partial charge in [-0.15, -0.1) is 0 Å². The predicted molar refractivity (Wildman–Crippen MR) is 165 cm³/mol. The van der Waals surface area contributed by atoms with Crippen molar-refractivity contribution in [2.45, 2.75) is 97.4 Å². The van der Waals surface area contributed by atoms with Crippen molar-refractivity contribution in [3.63, 3.8) is 0 Å². The Bertz CT molecular complexity index is 1090. The first kappa shape index (κ1) is 38.7. The van der Waals surface area contributed by atoms with E-state index in [1.165, 1.54) is 14.2 Å². The molecule has 2 N–H and O–H groups in total. The van der Waals surface area contributed by atoms with Gasteiger partial charge in [-0.1, -0.05) is 65.0 Å². The van der Waals surface area contributed by atoms with Crippen LogP contribution in [0.15, 0.2) is 30.3 Å². The van der Waals surface area contributed by atoms with Crippen LogP contribution < -0.4 is 10.6 Å². The lowest BCUT2D eigenvalue weighted by atomic mass is 9.98. The van der Waals surface area contributed by atoms with Crippen LogP contribution in [0.4, 0.5) is 9.59 Å². The van der Waals surface area contributed by atoms with E-state index < -0.39 is 73.5 Å². The first-order valence-electron chi connectivity index (χ1n) is 15.6. The van der Waals surface area contributed by atoms with Crippen molar-refractivity contribution < 1.29 is 57.1 Å². The van der Waals surface area contributed by atoms with E-state index in [9.17, 15) is 19.2 Å². The summed E-state index contributed by atoms with van der Waals surface area (Å²) < 4.78 is 45.6. The van der Waals surface area contributed by atoms with E-state index in [1.807, 2.05) is 37.3 Å². The van der Waals surface area contributed by atoms with Crippen molar-refractivity contribution in [3.8, 4) is 0 Å². The van der Waals surface area contributed by atoms with Crippen molar-refractivity contribution in [2.24, 2.45) is 11.8 Å². The van der Waals surface area contributed by atoms with Crippen LogP contribution >= 0.6 is 0 Å². The van der Waals surface area contributed by atoms with Crippen molar-refractivity contribution >= 4 is 24.1 Å². The second-order valence-corrected chi connectivity index (χ2v) is 11.3. The van der Waals surface area contributed by atoms with E-state index in [-0.39, 0.29) is 31.7 Å². The fourth-order valence-corrected chi connectivity index (χ4v) is 4.70. The molecule has 2 amide bonds. The van der Waals surface area contributed by atoms with Gasteiger partial charge in [-0.05, 0) is 30.7 Å². The molecule has 1 unspecified atom stereocenters. The lowest BCUT2D eigenvalue weighted by Gasteiger charge is -2.45. The van der Waals surface area contributed by atoms with Gasteiger partial charge < -0.3 is 48.5 Å². The van der Waals surface area contributed by atoms with E-state index in [1.54, 1.807) is 34.6 Å². The number of hydrogen-bond acceptors (Lipinski definition) is 12. The van der Waals surface area contributed by atoms with Gasteiger partial charge in [-0.3, -0.25) is 0 Å². The third-order valence-corrected chi connectivity index (χ3v) is 7.13. The van der Waals surface area contributed by atoms with Crippen LogP contribution in [0.5, 0.6) is 0 Å². The molecule has 1 aliphatic rings. The zero-order chi connectivity index (χ0) is 34.2. The highest BCUT2D eigenvalue weighted by molar-refractivity contribution is 5.82. The highest BCUT2D eigenvalue weighted by Gasteiger charge is 2.51. The number of alkyl carbamates (subject to hydrolysis) is 2. The lowest BCUT2D eigenvalue weighted by molar-refractivity contribution is -0.316. The van der Waals surface area contributed by atoms with E-state index in [0.717, 1.165) is 5.56 Å². The molecule has 0 saturated carbocycles. The third-order valence-electron chi connectivity index (χ3n) is 7.13. The molecule has 1 heterocycles. The summed E-state index contributed by atoms with van der Waals surface area (Å²) >= 11 is 0. The number of amides is 2.